The Hall–Kier alpha value is -1.57. The monoisotopic (exact) mass is 333 g/mol. The van der Waals surface area contributed by atoms with Crippen molar-refractivity contribution < 1.29 is 23.9 Å². The quantitative estimate of drug-likeness (QED) is 0.839. The van der Waals surface area contributed by atoms with E-state index in [4.69, 9.17) is 19.2 Å². The molecule has 0 radical (unpaired) electrons. The van der Waals surface area contributed by atoms with E-state index in [1.54, 1.807) is 0 Å². The van der Waals surface area contributed by atoms with Crippen LogP contribution in [0.5, 0.6) is 0 Å². The van der Waals surface area contributed by atoms with E-state index in [2.05, 4.69) is 0 Å². The minimum atomic E-state index is -0.905. The second-order valence-electron chi connectivity index (χ2n) is 7.34. The summed E-state index contributed by atoms with van der Waals surface area (Å²) in [6.07, 6.45) is -1.14. The van der Waals surface area contributed by atoms with E-state index in [-0.39, 0.29) is 17.3 Å². The van der Waals surface area contributed by atoms with Crippen molar-refractivity contribution in [2.75, 3.05) is 19.7 Å². The van der Waals surface area contributed by atoms with Crippen molar-refractivity contribution in [2.24, 2.45) is 0 Å². The average Bonchev–Trinajstić information content (AvgIpc) is 2.76. The lowest BCUT2D eigenvalue weighted by Crippen LogP contribution is -2.41. The fourth-order valence-electron chi connectivity index (χ4n) is 2.87. The summed E-state index contributed by atoms with van der Waals surface area (Å²) in [4.78, 5) is 12.5. The maximum Gasteiger partial charge on any atom is 0.494 e. The molecule has 2 saturated heterocycles. The van der Waals surface area contributed by atoms with Gasteiger partial charge in [-0.15, -0.1) is 0 Å². The molecule has 1 aromatic rings. The van der Waals surface area contributed by atoms with Gasteiger partial charge in [-0.2, -0.15) is 0 Å². The van der Waals surface area contributed by atoms with E-state index in [1.165, 1.54) is 4.90 Å². The molecule has 2 aliphatic rings. The predicted molar refractivity (Wildman–Crippen MR) is 90.4 cm³/mol. The fraction of sp³-hybridized carbons (Fsp3) is 0.588. The summed E-state index contributed by atoms with van der Waals surface area (Å²) in [6, 6.07) is 7.83. The first kappa shape index (κ1) is 17.3. The molecule has 0 saturated carbocycles. The van der Waals surface area contributed by atoms with Gasteiger partial charge in [0.2, 0.25) is 0 Å². The molecule has 7 heteroatoms. The summed E-state index contributed by atoms with van der Waals surface area (Å²) in [5.41, 5.74) is 1.17. The Morgan fingerprint density at radius 2 is 1.75 bits per heavy atom. The molecular weight excluding hydrogens is 309 g/mol. The van der Waals surface area contributed by atoms with Crippen LogP contribution in [0.25, 0.3) is 0 Å². The Balaban J connectivity index is 1.71. The number of amides is 1. The molecule has 2 aliphatic heterocycles. The molecule has 3 rings (SSSR count). The van der Waals surface area contributed by atoms with Crippen molar-refractivity contribution in [2.45, 2.75) is 45.0 Å². The molecular formula is C17H24BNO5. The maximum absolute atomic E-state index is 11.1. The van der Waals surface area contributed by atoms with Crippen LogP contribution >= 0.6 is 0 Å². The van der Waals surface area contributed by atoms with Gasteiger partial charge in [0, 0.05) is 6.54 Å². The van der Waals surface area contributed by atoms with Gasteiger partial charge >= 0.3 is 13.2 Å². The number of nitrogens with zero attached hydrogens (tertiary/aromatic N) is 1. The molecule has 1 unspecified atom stereocenters. The number of ether oxygens (including phenoxy) is 1. The number of benzene rings is 1. The number of rotatable bonds is 2. The lowest BCUT2D eigenvalue weighted by molar-refractivity contribution is -0.0231. The van der Waals surface area contributed by atoms with E-state index < -0.39 is 13.2 Å². The first-order chi connectivity index (χ1) is 11.2. The van der Waals surface area contributed by atoms with Crippen LogP contribution in [0.2, 0.25) is 0 Å². The highest BCUT2D eigenvalue weighted by Gasteiger charge is 2.51. The van der Waals surface area contributed by atoms with Crippen LogP contribution in [0.1, 0.15) is 39.4 Å². The first-order valence-corrected chi connectivity index (χ1v) is 8.24. The van der Waals surface area contributed by atoms with E-state index in [0.717, 1.165) is 11.0 Å². The van der Waals surface area contributed by atoms with Crippen molar-refractivity contribution in [3.05, 3.63) is 29.8 Å². The smallest absolute Gasteiger partial charge is 0.465 e. The van der Waals surface area contributed by atoms with Gasteiger partial charge in [-0.1, -0.05) is 24.3 Å². The Kier molecular flexibility index (Phi) is 4.36. The van der Waals surface area contributed by atoms with Crippen LogP contribution in [0.4, 0.5) is 4.79 Å². The molecule has 0 aromatic heterocycles. The lowest BCUT2D eigenvalue weighted by Gasteiger charge is -2.32. The molecule has 24 heavy (non-hydrogen) atoms. The first-order valence-electron chi connectivity index (χ1n) is 8.24. The summed E-state index contributed by atoms with van der Waals surface area (Å²) < 4.78 is 17.8. The summed E-state index contributed by atoms with van der Waals surface area (Å²) in [5.74, 6) is 0. The summed E-state index contributed by atoms with van der Waals surface area (Å²) in [5, 5.41) is 9.13. The molecule has 1 aromatic carbocycles. The second kappa shape index (κ2) is 6.06. The zero-order valence-corrected chi connectivity index (χ0v) is 14.6. The summed E-state index contributed by atoms with van der Waals surface area (Å²) in [7, 11) is -0.396. The van der Waals surface area contributed by atoms with Crippen LogP contribution < -0.4 is 5.46 Å². The van der Waals surface area contributed by atoms with Gasteiger partial charge in [0.25, 0.3) is 0 Å². The SMILES string of the molecule is CC1(C)OB(c2ccc(C3CN(C(=O)O)CCO3)cc2)OC1(C)C. The molecule has 1 N–H and O–H groups in total. The maximum atomic E-state index is 11.1. The van der Waals surface area contributed by atoms with E-state index >= 15 is 0 Å². The van der Waals surface area contributed by atoms with Crippen molar-refractivity contribution in [3.8, 4) is 0 Å². The van der Waals surface area contributed by atoms with Gasteiger partial charge in [-0.3, -0.25) is 0 Å². The molecule has 130 valence electrons. The van der Waals surface area contributed by atoms with Crippen LogP contribution in [0, 0.1) is 0 Å². The van der Waals surface area contributed by atoms with E-state index in [1.807, 2.05) is 52.0 Å². The van der Waals surface area contributed by atoms with Crippen LogP contribution in [-0.2, 0) is 14.0 Å². The van der Waals surface area contributed by atoms with Crippen LogP contribution in [-0.4, -0.2) is 54.1 Å². The third kappa shape index (κ3) is 3.16. The zero-order chi connectivity index (χ0) is 17.5. The van der Waals surface area contributed by atoms with Gasteiger partial charge in [0.1, 0.15) is 6.10 Å². The molecule has 0 spiro atoms. The van der Waals surface area contributed by atoms with Gasteiger partial charge in [-0.05, 0) is 38.7 Å². The molecule has 1 atom stereocenters. The average molecular weight is 333 g/mol. The number of hydrogen-bond donors (Lipinski definition) is 1. The van der Waals surface area contributed by atoms with Gasteiger partial charge in [0.05, 0.1) is 24.4 Å². The Morgan fingerprint density at radius 3 is 2.29 bits per heavy atom. The van der Waals surface area contributed by atoms with Crippen LogP contribution in [0.3, 0.4) is 0 Å². The highest BCUT2D eigenvalue weighted by Crippen LogP contribution is 2.36. The zero-order valence-electron chi connectivity index (χ0n) is 14.6. The van der Waals surface area contributed by atoms with E-state index in [9.17, 15) is 4.79 Å². The molecule has 0 aliphatic carbocycles. The van der Waals surface area contributed by atoms with Crippen molar-refractivity contribution in [3.63, 3.8) is 0 Å². The molecule has 2 heterocycles. The standard InChI is InChI=1S/C17H24BNO5/c1-16(2)17(3,4)24-18(23-16)13-7-5-12(6-8-13)14-11-19(15(20)21)9-10-22-14/h5-8,14H,9-11H2,1-4H3,(H,20,21). The number of carboxylic acid groups (broad SMARTS) is 1. The predicted octanol–water partition coefficient (Wildman–Crippen LogP) is 2.04. The number of carbonyl (C=O) groups is 1. The van der Waals surface area contributed by atoms with Crippen molar-refractivity contribution in [1.82, 2.24) is 4.90 Å². The van der Waals surface area contributed by atoms with Gasteiger partial charge in [0.15, 0.2) is 0 Å². The normalized spacial score (nSPS) is 25.8. The third-order valence-corrected chi connectivity index (χ3v) is 5.17. The lowest BCUT2D eigenvalue weighted by atomic mass is 9.78. The summed E-state index contributed by atoms with van der Waals surface area (Å²) >= 11 is 0. The second-order valence-corrected chi connectivity index (χ2v) is 7.34. The van der Waals surface area contributed by atoms with E-state index in [0.29, 0.717) is 19.7 Å². The van der Waals surface area contributed by atoms with Crippen molar-refractivity contribution >= 4 is 18.7 Å². The van der Waals surface area contributed by atoms with Crippen molar-refractivity contribution in [1.29, 1.82) is 0 Å². The fourth-order valence-corrected chi connectivity index (χ4v) is 2.87. The minimum Gasteiger partial charge on any atom is -0.465 e. The molecule has 1 amide bonds. The molecule has 0 bridgehead atoms. The minimum absolute atomic E-state index is 0.234. The Labute approximate surface area is 142 Å². The van der Waals surface area contributed by atoms with Crippen LogP contribution in [0.15, 0.2) is 24.3 Å². The summed E-state index contributed by atoms with van der Waals surface area (Å²) in [6.45, 7) is 9.28. The molecule has 2 fully saturated rings. The third-order valence-electron chi connectivity index (χ3n) is 5.17. The Bertz CT molecular complexity index is 600. The van der Waals surface area contributed by atoms with Gasteiger partial charge in [-0.25, -0.2) is 4.79 Å². The topological polar surface area (TPSA) is 68.2 Å². The highest BCUT2D eigenvalue weighted by atomic mass is 16.7. The Morgan fingerprint density at radius 1 is 1.17 bits per heavy atom. The molecule has 6 nitrogen and oxygen atoms in total. The number of hydrogen-bond acceptors (Lipinski definition) is 4. The largest absolute Gasteiger partial charge is 0.494 e. The highest BCUT2D eigenvalue weighted by molar-refractivity contribution is 6.62. The number of morpholine rings is 1. The van der Waals surface area contributed by atoms with Gasteiger partial charge < -0.3 is 24.1 Å².